The molecule has 112 valence electrons. The number of hydrogen-bond donors (Lipinski definition) is 1. The summed E-state index contributed by atoms with van der Waals surface area (Å²) in [5, 5.41) is 14.7. The van der Waals surface area contributed by atoms with Crippen LogP contribution in [0.2, 0.25) is 0 Å². The number of rotatable bonds is 3. The smallest absolute Gasteiger partial charge is 0.0583 e. The fraction of sp³-hybridized carbons (Fsp3) is 0.812. The lowest BCUT2D eigenvalue weighted by Gasteiger charge is -2.39. The summed E-state index contributed by atoms with van der Waals surface area (Å²) < 4.78 is 1.87. The fourth-order valence-corrected chi connectivity index (χ4v) is 4.14. The van der Waals surface area contributed by atoms with Crippen LogP contribution in [0.15, 0.2) is 12.4 Å². The molecule has 2 fully saturated rings. The zero-order valence-corrected chi connectivity index (χ0v) is 12.7. The van der Waals surface area contributed by atoms with Crippen molar-refractivity contribution in [3.05, 3.63) is 18.0 Å². The van der Waals surface area contributed by atoms with Crippen molar-refractivity contribution >= 4 is 0 Å². The molecule has 0 amide bonds. The quantitative estimate of drug-likeness (QED) is 0.920. The van der Waals surface area contributed by atoms with E-state index >= 15 is 0 Å². The number of aliphatic hydroxyl groups is 1. The summed E-state index contributed by atoms with van der Waals surface area (Å²) in [4.78, 5) is 2.57. The second kappa shape index (κ2) is 5.86. The van der Waals surface area contributed by atoms with Crippen LogP contribution in [0.3, 0.4) is 0 Å². The first kappa shape index (κ1) is 14.1. The summed E-state index contributed by atoms with van der Waals surface area (Å²) in [5.74, 6) is 1.24. The highest BCUT2D eigenvalue weighted by Crippen LogP contribution is 2.37. The number of aromatic nitrogens is 2. The van der Waals surface area contributed by atoms with E-state index in [1.54, 1.807) is 0 Å². The van der Waals surface area contributed by atoms with Gasteiger partial charge in [-0.3, -0.25) is 9.58 Å². The Morgan fingerprint density at radius 2 is 2.20 bits per heavy atom. The van der Waals surface area contributed by atoms with E-state index in [0.29, 0.717) is 12.0 Å². The van der Waals surface area contributed by atoms with Crippen molar-refractivity contribution in [1.82, 2.24) is 14.7 Å². The molecule has 0 bridgehead atoms. The highest BCUT2D eigenvalue weighted by molar-refractivity contribution is 5.05. The Hall–Kier alpha value is -0.870. The molecule has 0 radical (unpaired) electrons. The average Bonchev–Trinajstić information content (AvgIpc) is 3.02. The molecule has 4 nitrogen and oxygen atoms in total. The maximum absolute atomic E-state index is 10.4. The summed E-state index contributed by atoms with van der Waals surface area (Å²) in [5.41, 5.74) is 1.29. The first-order valence-corrected chi connectivity index (χ1v) is 8.03. The lowest BCUT2D eigenvalue weighted by molar-refractivity contribution is 0.00553. The van der Waals surface area contributed by atoms with E-state index in [4.69, 9.17) is 0 Å². The van der Waals surface area contributed by atoms with E-state index < -0.39 is 0 Å². The molecule has 3 rings (SSSR count). The van der Waals surface area contributed by atoms with Crippen LogP contribution in [0.4, 0.5) is 0 Å². The highest BCUT2D eigenvalue weighted by Gasteiger charge is 2.38. The molecule has 1 N–H and O–H groups in total. The second-order valence-electron chi connectivity index (χ2n) is 6.85. The molecular formula is C16H27N3O. The van der Waals surface area contributed by atoms with E-state index in [9.17, 15) is 5.11 Å². The standard InChI is InChI=1S/C16H27N3O/c1-12-5-6-16(20)14(8-12)15-4-3-7-19(15)11-13-9-17-18(2)10-13/h9-10,12,14-16,20H,3-8,11H2,1-2H3/t12-,14+,15-,16+/m1/s1. The predicted octanol–water partition coefficient (Wildman–Crippen LogP) is 2.18. The van der Waals surface area contributed by atoms with Gasteiger partial charge in [-0.1, -0.05) is 6.92 Å². The molecule has 0 aromatic carbocycles. The van der Waals surface area contributed by atoms with Gasteiger partial charge in [-0.05, 0) is 44.6 Å². The molecule has 1 aromatic heterocycles. The molecule has 2 aliphatic rings. The zero-order valence-electron chi connectivity index (χ0n) is 12.7. The van der Waals surface area contributed by atoms with Crippen LogP contribution < -0.4 is 0 Å². The number of hydrogen-bond acceptors (Lipinski definition) is 3. The molecule has 20 heavy (non-hydrogen) atoms. The SMILES string of the molecule is C[C@@H]1CC[C@H](O)[C@H]([C@H]2CCCN2Cc2cnn(C)c2)C1. The Bertz CT molecular complexity index is 445. The van der Waals surface area contributed by atoms with Crippen molar-refractivity contribution in [2.75, 3.05) is 6.54 Å². The van der Waals surface area contributed by atoms with Crippen molar-refractivity contribution in [2.45, 2.75) is 57.7 Å². The van der Waals surface area contributed by atoms with Gasteiger partial charge >= 0.3 is 0 Å². The van der Waals surface area contributed by atoms with Crippen LogP contribution in [0, 0.1) is 11.8 Å². The van der Waals surface area contributed by atoms with Crippen molar-refractivity contribution in [3.63, 3.8) is 0 Å². The Morgan fingerprint density at radius 1 is 1.35 bits per heavy atom. The summed E-state index contributed by atoms with van der Waals surface area (Å²) >= 11 is 0. The molecule has 1 aliphatic carbocycles. The van der Waals surface area contributed by atoms with Gasteiger partial charge in [0.15, 0.2) is 0 Å². The molecule has 2 heterocycles. The minimum Gasteiger partial charge on any atom is -0.393 e. The third-order valence-corrected chi connectivity index (χ3v) is 5.18. The van der Waals surface area contributed by atoms with E-state index in [1.165, 1.54) is 31.2 Å². The summed E-state index contributed by atoms with van der Waals surface area (Å²) in [6, 6.07) is 0.563. The molecule has 4 heteroatoms. The lowest BCUT2D eigenvalue weighted by atomic mass is 9.76. The van der Waals surface area contributed by atoms with Crippen molar-refractivity contribution in [1.29, 1.82) is 0 Å². The maximum Gasteiger partial charge on any atom is 0.0583 e. The van der Waals surface area contributed by atoms with Crippen LogP contribution >= 0.6 is 0 Å². The summed E-state index contributed by atoms with van der Waals surface area (Å²) in [6.45, 7) is 4.48. The largest absolute Gasteiger partial charge is 0.393 e. The van der Waals surface area contributed by atoms with Gasteiger partial charge < -0.3 is 5.11 Å². The van der Waals surface area contributed by atoms with Crippen LogP contribution in [-0.2, 0) is 13.6 Å². The molecule has 0 unspecified atom stereocenters. The highest BCUT2D eigenvalue weighted by atomic mass is 16.3. The van der Waals surface area contributed by atoms with E-state index in [2.05, 4.69) is 23.1 Å². The maximum atomic E-state index is 10.4. The summed E-state index contributed by atoms with van der Waals surface area (Å²) in [6.07, 6.45) is 9.86. The van der Waals surface area contributed by atoms with Gasteiger partial charge in [-0.15, -0.1) is 0 Å². The van der Waals surface area contributed by atoms with Crippen molar-refractivity contribution in [3.8, 4) is 0 Å². The van der Waals surface area contributed by atoms with E-state index in [-0.39, 0.29) is 6.10 Å². The normalized spacial score (nSPS) is 35.5. The van der Waals surface area contributed by atoms with Gasteiger partial charge in [0.05, 0.1) is 12.3 Å². The number of aliphatic hydroxyl groups excluding tert-OH is 1. The van der Waals surface area contributed by atoms with Crippen molar-refractivity contribution in [2.24, 2.45) is 18.9 Å². The third kappa shape index (κ3) is 2.91. The molecular weight excluding hydrogens is 250 g/mol. The predicted molar refractivity (Wildman–Crippen MR) is 79.2 cm³/mol. The first-order valence-electron chi connectivity index (χ1n) is 8.03. The monoisotopic (exact) mass is 277 g/mol. The molecule has 1 saturated heterocycles. The number of aryl methyl sites for hydroxylation is 1. The molecule has 1 aliphatic heterocycles. The molecule has 0 spiro atoms. The van der Waals surface area contributed by atoms with Gasteiger partial charge in [0.25, 0.3) is 0 Å². The van der Waals surface area contributed by atoms with Crippen molar-refractivity contribution < 1.29 is 5.11 Å². The van der Waals surface area contributed by atoms with Gasteiger partial charge in [-0.25, -0.2) is 0 Å². The average molecular weight is 277 g/mol. The Kier molecular flexibility index (Phi) is 4.13. The van der Waals surface area contributed by atoms with Crippen LogP contribution in [0.25, 0.3) is 0 Å². The van der Waals surface area contributed by atoms with E-state index in [1.807, 2.05) is 17.9 Å². The Labute approximate surface area is 121 Å². The first-order chi connectivity index (χ1) is 9.63. The second-order valence-corrected chi connectivity index (χ2v) is 6.85. The zero-order chi connectivity index (χ0) is 14.1. The van der Waals surface area contributed by atoms with E-state index in [0.717, 1.165) is 25.4 Å². The lowest BCUT2D eigenvalue weighted by Crippen LogP contribution is -2.43. The molecule has 1 saturated carbocycles. The Balaban J connectivity index is 1.68. The number of likely N-dealkylation sites (tertiary alicyclic amines) is 1. The van der Waals surface area contributed by atoms with Crippen LogP contribution in [0.1, 0.15) is 44.6 Å². The van der Waals surface area contributed by atoms with Gasteiger partial charge in [0.2, 0.25) is 0 Å². The van der Waals surface area contributed by atoms with Crippen LogP contribution in [-0.4, -0.2) is 38.5 Å². The van der Waals surface area contributed by atoms with Gasteiger partial charge in [0.1, 0.15) is 0 Å². The van der Waals surface area contributed by atoms with Gasteiger partial charge in [0, 0.05) is 37.3 Å². The summed E-state index contributed by atoms with van der Waals surface area (Å²) in [7, 11) is 1.97. The minimum absolute atomic E-state index is 0.0919. The number of nitrogens with zero attached hydrogens (tertiary/aromatic N) is 3. The topological polar surface area (TPSA) is 41.3 Å². The minimum atomic E-state index is -0.0919. The van der Waals surface area contributed by atoms with Crippen LogP contribution in [0.5, 0.6) is 0 Å². The Morgan fingerprint density at radius 3 is 2.95 bits per heavy atom. The molecule has 4 atom stereocenters. The molecule has 1 aromatic rings. The van der Waals surface area contributed by atoms with Gasteiger partial charge in [-0.2, -0.15) is 5.10 Å². The fourth-order valence-electron chi connectivity index (χ4n) is 4.14. The third-order valence-electron chi connectivity index (χ3n) is 5.18.